The van der Waals surface area contributed by atoms with Crippen LogP contribution in [0.25, 0.3) is 0 Å². The second-order valence-electron chi connectivity index (χ2n) is 3.39. The SMILES string of the molecule is CCCCCOCc1ccc(Br)cc1. The number of rotatable bonds is 6. The number of ether oxygens (including phenoxy) is 1. The molecule has 0 atom stereocenters. The lowest BCUT2D eigenvalue weighted by atomic mass is 10.2. The molecule has 1 rings (SSSR count). The molecule has 0 radical (unpaired) electrons. The molecule has 0 fully saturated rings. The van der Waals surface area contributed by atoms with Gasteiger partial charge in [0.1, 0.15) is 0 Å². The van der Waals surface area contributed by atoms with Gasteiger partial charge in [0, 0.05) is 11.1 Å². The molecule has 1 aromatic carbocycles. The Morgan fingerprint density at radius 3 is 2.50 bits per heavy atom. The van der Waals surface area contributed by atoms with Gasteiger partial charge in [-0.2, -0.15) is 0 Å². The van der Waals surface area contributed by atoms with E-state index >= 15 is 0 Å². The highest BCUT2D eigenvalue weighted by molar-refractivity contribution is 9.10. The van der Waals surface area contributed by atoms with E-state index in [9.17, 15) is 0 Å². The monoisotopic (exact) mass is 256 g/mol. The highest BCUT2D eigenvalue weighted by atomic mass is 79.9. The lowest BCUT2D eigenvalue weighted by molar-refractivity contribution is 0.117. The molecule has 0 spiro atoms. The molecular weight excluding hydrogens is 240 g/mol. The Morgan fingerprint density at radius 2 is 1.86 bits per heavy atom. The van der Waals surface area contributed by atoms with Gasteiger partial charge in [0.15, 0.2) is 0 Å². The van der Waals surface area contributed by atoms with Crippen LogP contribution < -0.4 is 0 Å². The summed E-state index contributed by atoms with van der Waals surface area (Å²) in [6.07, 6.45) is 3.69. The fourth-order valence-electron chi connectivity index (χ4n) is 1.22. The van der Waals surface area contributed by atoms with Crippen molar-refractivity contribution in [1.82, 2.24) is 0 Å². The van der Waals surface area contributed by atoms with Crippen LogP contribution in [0.15, 0.2) is 28.7 Å². The van der Waals surface area contributed by atoms with Gasteiger partial charge >= 0.3 is 0 Å². The van der Waals surface area contributed by atoms with Crippen LogP contribution in [0.5, 0.6) is 0 Å². The van der Waals surface area contributed by atoms with E-state index in [1.807, 2.05) is 12.1 Å². The van der Waals surface area contributed by atoms with E-state index in [4.69, 9.17) is 4.74 Å². The molecule has 0 N–H and O–H groups in total. The van der Waals surface area contributed by atoms with Gasteiger partial charge < -0.3 is 4.74 Å². The van der Waals surface area contributed by atoms with E-state index < -0.39 is 0 Å². The molecule has 78 valence electrons. The highest BCUT2D eigenvalue weighted by Crippen LogP contribution is 2.11. The van der Waals surface area contributed by atoms with Gasteiger partial charge in [-0.05, 0) is 24.1 Å². The van der Waals surface area contributed by atoms with Gasteiger partial charge in [-0.15, -0.1) is 0 Å². The molecule has 0 aliphatic carbocycles. The first-order valence-corrected chi connectivity index (χ1v) is 5.94. The van der Waals surface area contributed by atoms with Crippen molar-refractivity contribution < 1.29 is 4.74 Å². The summed E-state index contributed by atoms with van der Waals surface area (Å²) in [6.45, 7) is 3.82. The third-order valence-corrected chi connectivity index (χ3v) is 2.60. The van der Waals surface area contributed by atoms with E-state index in [0.717, 1.165) is 17.7 Å². The Kier molecular flexibility index (Phi) is 5.88. The predicted octanol–water partition coefficient (Wildman–Crippen LogP) is 4.16. The van der Waals surface area contributed by atoms with Gasteiger partial charge in [-0.1, -0.05) is 47.8 Å². The molecule has 1 nitrogen and oxygen atoms in total. The summed E-state index contributed by atoms with van der Waals surface area (Å²) in [5, 5.41) is 0. The minimum absolute atomic E-state index is 0.733. The fraction of sp³-hybridized carbons (Fsp3) is 0.500. The molecule has 0 heterocycles. The zero-order valence-corrected chi connectivity index (χ0v) is 10.2. The molecule has 0 bridgehead atoms. The van der Waals surface area contributed by atoms with Gasteiger partial charge in [-0.3, -0.25) is 0 Å². The van der Waals surface area contributed by atoms with Gasteiger partial charge in [0.25, 0.3) is 0 Å². The Morgan fingerprint density at radius 1 is 1.14 bits per heavy atom. The van der Waals surface area contributed by atoms with Gasteiger partial charge in [0.2, 0.25) is 0 Å². The third kappa shape index (κ3) is 4.77. The molecule has 14 heavy (non-hydrogen) atoms. The van der Waals surface area contributed by atoms with Crippen molar-refractivity contribution in [3.8, 4) is 0 Å². The van der Waals surface area contributed by atoms with Crippen LogP contribution in [0.4, 0.5) is 0 Å². The minimum atomic E-state index is 0.733. The van der Waals surface area contributed by atoms with Gasteiger partial charge in [-0.25, -0.2) is 0 Å². The molecule has 0 saturated heterocycles. The largest absolute Gasteiger partial charge is 0.377 e. The highest BCUT2D eigenvalue weighted by Gasteiger charge is 1.93. The summed E-state index contributed by atoms with van der Waals surface area (Å²) in [4.78, 5) is 0. The first-order chi connectivity index (χ1) is 6.83. The summed E-state index contributed by atoms with van der Waals surface area (Å²) in [7, 11) is 0. The molecule has 0 unspecified atom stereocenters. The lowest BCUT2D eigenvalue weighted by Crippen LogP contribution is -1.95. The van der Waals surface area contributed by atoms with Crippen molar-refractivity contribution >= 4 is 15.9 Å². The summed E-state index contributed by atoms with van der Waals surface area (Å²) >= 11 is 3.41. The maximum atomic E-state index is 5.55. The van der Waals surface area contributed by atoms with Crippen LogP contribution in [0, 0.1) is 0 Å². The number of halogens is 1. The lowest BCUT2D eigenvalue weighted by Gasteiger charge is -2.03. The van der Waals surface area contributed by atoms with E-state index in [0.29, 0.717) is 0 Å². The zero-order valence-electron chi connectivity index (χ0n) is 8.63. The smallest absolute Gasteiger partial charge is 0.0716 e. The summed E-state index contributed by atoms with van der Waals surface area (Å²) in [5.41, 5.74) is 1.24. The normalized spacial score (nSPS) is 10.4. The number of unbranched alkanes of at least 4 members (excludes halogenated alkanes) is 2. The molecule has 1 aromatic rings. The molecule has 0 aliphatic heterocycles. The van der Waals surface area contributed by atoms with Gasteiger partial charge in [0.05, 0.1) is 6.61 Å². The van der Waals surface area contributed by atoms with Crippen molar-refractivity contribution in [2.45, 2.75) is 32.8 Å². The molecule has 0 amide bonds. The van der Waals surface area contributed by atoms with E-state index in [1.54, 1.807) is 0 Å². The molecule has 2 heteroatoms. The molecular formula is C12H17BrO. The van der Waals surface area contributed by atoms with Crippen LogP contribution in [0.3, 0.4) is 0 Å². The average molecular weight is 257 g/mol. The molecule has 0 saturated carbocycles. The third-order valence-electron chi connectivity index (χ3n) is 2.07. The first kappa shape index (κ1) is 11.7. The minimum Gasteiger partial charge on any atom is -0.377 e. The Labute approximate surface area is 94.6 Å². The molecule has 0 aromatic heterocycles. The maximum Gasteiger partial charge on any atom is 0.0716 e. The number of hydrogen-bond acceptors (Lipinski definition) is 1. The average Bonchev–Trinajstić information content (AvgIpc) is 2.21. The van der Waals surface area contributed by atoms with E-state index in [-0.39, 0.29) is 0 Å². The Balaban J connectivity index is 2.15. The van der Waals surface area contributed by atoms with Crippen LogP contribution in [-0.2, 0) is 11.3 Å². The van der Waals surface area contributed by atoms with E-state index in [1.165, 1.54) is 24.8 Å². The van der Waals surface area contributed by atoms with Crippen molar-refractivity contribution in [1.29, 1.82) is 0 Å². The second-order valence-corrected chi connectivity index (χ2v) is 4.30. The van der Waals surface area contributed by atoms with Crippen LogP contribution in [0.1, 0.15) is 31.7 Å². The summed E-state index contributed by atoms with van der Waals surface area (Å²) in [6, 6.07) is 8.27. The van der Waals surface area contributed by atoms with Crippen molar-refractivity contribution in [3.63, 3.8) is 0 Å². The zero-order chi connectivity index (χ0) is 10.2. The standard InChI is InChI=1S/C12H17BrO/c1-2-3-4-9-14-10-11-5-7-12(13)8-6-11/h5-8H,2-4,9-10H2,1H3. The number of benzene rings is 1. The summed E-state index contributed by atoms with van der Waals surface area (Å²) < 4.78 is 6.66. The Bertz CT molecular complexity index is 243. The summed E-state index contributed by atoms with van der Waals surface area (Å²) in [5.74, 6) is 0. The molecule has 0 aliphatic rings. The van der Waals surface area contributed by atoms with Crippen LogP contribution >= 0.6 is 15.9 Å². The number of hydrogen-bond donors (Lipinski definition) is 0. The topological polar surface area (TPSA) is 9.23 Å². The van der Waals surface area contributed by atoms with Crippen LogP contribution in [0.2, 0.25) is 0 Å². The fourth-order valence-corrected chi connectivity index (χ4v) is 1.49. The predicted molar refractivity (Wildman–Crippen MR) is 63.3 cm³/mol. The van der Waals surface area contributed by atoms with E-state index in [2.05, 4.69) is 35.0 Å². The first-order valence-electron chi connectivity index (χ1n) is 5.15. The second kappa shape index (κ2) is 7.02. The maximum absolute atomic E-state index is 5.55. The van der Waals surface area contributed by atoms with Crippen molar-refractivity contribution in [3.05, 3.63) is 34.3 Å². The quantitative estimate of drug-likeness (QED) is 0.695. The Hall–Kier alpha value is -0.340. The van der Waals surface area contributed by atoms with Crippen molar-refractivity contribution in [2.24, 2.45) is 0 Å². The van der Waals surface area contributed by atoms with Crippen LogP contribution in [-0.4, -0.2) is 6.61 Å². The van der Waals surface area contributed by atoms with Crippen molar-refractivity contribution in [2.75, 3.05) is 6.61 Å².